The van der Waals surface area contributed by atoms with Gasteiger partial charge in [0.15, 0.2) is 5.03 Å². The minimum Gasteiger partial charge on any atom is -0.354 e. The van der Waals surface area contributed by atoms with E-state index < -0.39 is 17.0 Å². The van der Waals surface area contributed by atoms with Crippen molar-refractivity contribution in [2.45, 2.75) is 84.1 Å². The third-order valence-corrected chi connectivity index (χ3v) is 7.55. The van der Waals surface area contributed by atoms with Crippen LogP contribution in [0.5, 0.6) is 0 Å². The van der Waals surface area contributed by atoms with Crippen molar-refractivity contribution >= 4 is 17.8 Å². The van der Waals surface area contributed by atoms with Gasteiger partial charge < -0.3 is 16.0 Å². The van der Waals surface area contributed by atoms with Gasteiger partial charge in [0.25, 0.3) is 5.96 Å². The maximum absolute atomic E-state index is 13.1. The summed E-state index contributed by atoms with van der Waals surface area (Å²) in [6.45, 7) is 5.04. The molecular formula is C23H40N6O4. The smallest absolute Gasteiger partial charge is 0.251 e. The molecule has 4 aliphatic rings. The molecule has 1 atom stereocenters. The van der Waals surface area contributed by atoms with Gasteiger partial charge >= 0.3 is 0 Å². The van der Waals surface area contributed by atoms with E-state index in [-0.39, 0.29) is 17.2 Å². The molecule has 33 heavy (non-hydrogen) atoms. The number of nitro groups is 1. The van der Waals surface area contributed by atoms with E-state index in [1.54, 1.807) is 5.43 Å². The quantitative estimate of drug-likeness (QED) is 0.0984. The minimum atomic E-state index is -0.801. The highest BCUT2D eigenvalue weighted by atomic mass is 16.7. The molecule has 10 nitrogen and oxygen atoms in total. The standard InChI is InChI=1S/C23H40N6O4/c1-15(2)5-7-25-21(31)19(4-3-6-26-22(24)28-29(32)33)27-20(30)14-23-11-16-8-17(12-23)10-18(9-16)13-23/h15-19H,3-14H2,1-2H3,(H,25,31)(H,27,30)(H3,24,26,28)/t16?,17?,18?,19-,23?/m0/s1. The average molecular weight is 465 g/mol. The van der Waals surface area contributed by atoms with Gasteiger partial charge in [-0.05, 0) is 86.9 Å². The Bertz CT molecular complexity index is 705. The Balaban J connectivity index is 1.51. The average Bonchev–Trinajstić information content (AvgIpc) is 2.67. The van der Waals surface area contributed by atoms with Gasteiger partial charge in [-0.15, -0.1) is 0 Å². The van der Waals surface area contributed by atoms with E-state index >= 15 is 0 Å². The van der Waals surface area contributed by atoms with Crippen LogP contribution < -0.4 is 21.4 Å². The molecule has 0 heterocycles. The highest BCUT2D eigenvalue weighted by molar-refractivity contribution is 5.87. The Hall–Kier alpha value is -2.39. The first kappa shape index (κ1) is 25.2. The lowest BCUT2D eigenvalue weighted by atomic mass is 9.49. The third kappa shape index (κ3) is 7.57. The predicted octanol–water partition coefficient (Wildman–Crippen LogP) is 2.33. The van der Waals surface area contributed by atoms with E-state index in [4.69, 9.17) is 5.41 Å². The van der Waals surface area contributed by atoms with Crippen LogP contribution in [0.3, 0.4) is 0 Å². The van der Waals surface area contributed by atoms with Gasteiger partial charge in [-0.2, -0.15) is 0 Å². The first-order chi connectivity index (χ1) is 15.6. The first-order valence-corrected chi connectivity index (χ1v) is 12.4. The van der Waals surface area contributed by atoms with Gasteiger partial charge in [-0.3, -0.25) is 15.0 Å². The molecule has 0 aliphatic heterocycles. The minimum absolute atomic E-state index is 0.0447. The number of hydrogen-bond acceptors (Lipinski definition) is 5. The lowest BCUT2D eigenvalue weighted by molar-refractivity contribution is -0.525. The van der Waals surface area contributed by atoms with Crippen molar-refractivity contribution in [1.29, 1.82) is 5.41 Å². The van der Waals surface area contributed by atoms with Gasteiger partial charge in [0.1, 0.15) is 6.04 Å². The molecule has 4 bridgehead atoms. The summed E-state index contributed by atoms with van der Waals surface area (Å²) in [5.41, 5.74) is 1.86. The number of carbonyl (C=O) groups is 2. The number of rotatable bonds is 12. The molecule has 0 aromatic rings. The second-order valence-corrected chi connectivity index (χ2v) is 11.0. The molecular weight excluding hydrogens is 424 g/mol. The van der Waals surface area contributed by atoms with Crippen LogP contribution >= 0.6 is 0 Å². The van der Waals surface area contributed by atoms with E-state index in [0.29, 0.717) is 38.3 Å². The van der Waals surface area contributed by atoms with Crippen molar-refractivity contribution in [3.63, 3.8) is 0 Å². The molecule has 4 fully saturated rings. The molecule has 4 aliphatic carbocycles. The summed E-state index contributed by atoms with van der Waals surface area (Å²) < 4.78 is 0. The van der Waals surface area contributed by atoms with Crippen molar-refractivity contribution in [3.8, 4) is 0 Å². The third-order valence-electron chi connectivity index (χ3n) is 7.55. The van der Waals surface area contributed by atoms with Crippen LogP contribution in [-0.4, -0.2) is 41.9 Å². The van der Waals surface area contributed by atoms with Crippen LogP contribution in [0.15, 0.2) is 0 Å². The highest BCUT2D eigenvalue weighted by Crippen LogP contribution is 2.61. The number of nitrogens with zero attached hydrogens (tertiary/aromatic N) is 1. The Morgan fingerprint density at radius 1 is 1.03 bits per heavy atom. The van der Waals surface area contributed by atoms with Crippen molar-refractivity contribution < 1.29 is 14.6 Å². The van der Waals surface area contributed by atoms with Crippen molar-refractivity contribution in [2.24, 2.45) is 29.1 Å². The van der Waals surface area contributed by atoms with Gasteiger partial charge in [0.2, 0.25) is 11.8 Å². The van der Waals surface area contributed by atoms with E-state index in [9.17, 15) is 19.7 Å². The maximum atomic E-state index is 13.1. The lowest BCUT2D eigenvalue weighted by Gasteiger charge is -2.56. The fraction of sp³-hybridized carbons (Fsp3) is 0.870. The molecule has 0 spiro atoms. The van der Waals surface area contributed by atoms with Crippen LogP contribution in [0.1, 0.15) is 78.1 Å². The van der Waals surface area contributed by atoms with E-state index in [1.165, 1.54) is 19.3 Å². The van der Waals surface area contributed by atoms with Crippen LogP contribution in [0.25, 0.3) is 0 Å². The SMILES string of the molecule is CC(C)CCNC(=O)[C@H](CCCNC(=N)N[N+](=O)[O-])NC(=O)CC12CC3CC(CC(C3)C1)C2. The Kier molecular flexibility index (Phi) is 8.53. The van der Waals surface area contributed by atoms with Crippen LogP contribution in [0, 0.1) is 44.6 Å². The fourth-order valence-electron chi connectivity index (χ4n) is 6.62. The highest BCUT2D eigenvalue weighted by Gasteiger charge is 2.51. The molecule has 4 saturated carbocycles. The Morgan fingerprint density at radius 2 is 1.64 bits per heavy atom. The molecule has 186 valence electrons. The topological polar surface area (TPSA) is 149 Å². The summed E-state index contributed by atoms with van der Waals surface area (Å²) in [6.07, 6.45) is 9.68. The normalized spacial score (nSPS) is 28.3. The molecule has 4 rings (SSSR count). The van der Waals surface area contributed by atoms with Crippen LogP contribution in [-0.2, 0) is 9.59 Å². The second-order valence-electron chi connectivity index (χ2n) is 11.0. The molecule has 10 heteroatoms. The number of nitrogens with one attached hydrogen (secondary N) is 5. The van der Waals surface area contributed by atoms with Crippen LogP contribution in [0.2, 0.25) is 0 Å². The molecule has 0 saturated heterocycles. The van der Waals surface area contributed by atoms with E-state index in [1.807, 2.05) is 0 Å². The van der Waals surface area contributed by atoms with Gasteiger partial charge in [-0.25, -0.2) is 10.1 Å². The number of hydrogen-bond donors (Lipinski definition) is 5. The summed E-state index contributed by atoms with van der Waals surface area (Å²) >= 11 is 0. The fourth-order valence-corrected chi connectivity index (χ4v) is 6.62. The summed E-state index contributed by atoms with van der Waals surface area (Å²) in [5.74, 6) is 2.15. The van der Waals surface area contributed by atoms with Gasteiger partial charge in [-0.1, -0.05) is 19.3 Å². The number of hydrazine groups is 1. The number of guanidine groups is 1. The molecule has 0 radical (unpaired) electrons. The first-order valence-electron chi connectivity index (χ1n) is 12.4. The molecule has 0 unspecified atom stereocenters. The zero-order chi connectivity index (χ0) is 24.0. The maximum Gasteiger partial charge on any atom is 0.251 e. The summed E-state index contributed by atoms with van der Waals surface area (Å²) in [6, 6.07) is -0.641. The van der Waals surface area contributed by atoms with E-state index in [2.05, 4.69) is 29.8 Å². The zero-order valence-corrected chi connectivity index (χ0v) is 20.0. The summed E-state index contributed by atoms with van der Waals surface area (Å²) in [5, 5.41) is 25.6. The number of carbonyl (C=O) groups excluding carboxylic acids is 2. The Morgan fingerprint density at radius 3 is 2.18 bits per heavy atom. The summed E-state index contributed by atoms with van der Waals surface area (Å²) in [4.78, 5) is 36.3. The lowest BCUT2D eigenvalue weighted by Crippen LogP contribution is -2.51. The number of amides is 2. The zero-order valence-electron chi connectivity index (χ0n) is 20.0. The van der Waals surface area contributed by atoms with Crippen molar-refractivity contribution in [3.05, 3.63) is 10.1 Å². The van der Waals surface area contributed by atoms with Crippen LogP contribution in [0.4, 0.5) is 0 Å². The van der Waals surface area contributed by atoms with E-state index in [0.717, 1.165) is 43.4 Å². The van der Waals surface area contributed by atoms with Crippen molar-refractivity contribution in [2.75, 3.05) is 13.1 Å². The predicted molar refractivity (Wildman–Crippen MR) is 125 cm³/mol. The second kappa shape index (κ2) is 11.2. The monoisotopic (exact) mass is 464 g/mol. The van der Waals surface area contributed by atoms with Crippen molar-refractivity contribution in [1.82, 2.24) is 21.4 Å². The summed E-state index contributed by atoms with van der Waals surface area (Å²) in [7, 11) is 0. The molecule has 2 amide bonds. The molecule has 0 aromatic carbocycles. The molecule has 0 aromatic heterocycles. The van der Waals surface area contributed by atoms with Gasteiger partial charge in [0.05, 0.1) is 0 Å². The Labute approximate surface area is 196 Å². The molecule has 5 N–H and O–H groups in total. The van der Waals surface area contributed by atoms with Gasteiger partial charge in [0, 0.05) is 19.5 Å². The largest absolute Gasteiger partial charge is 0.354 e.